The fourth-order valence-corrected chi connectivity index (χ4v) is 3.20. The molecule has 0 bridgehead atoms. The molecule has 0 aromatic heterocycles. The van der Waals surface area contributed by atoms with E-state index in [9.17, 15) is 9.90 Å². The number of carboxylic acids is 1. The molecule has 1 saturated heterocycles. The van der Waals surface area contributed by atoms with Crippen LogP contribution in [0, 0.1) is 11.3 Å². The minimum Gasteiger partial charge on any atom is -0.497 e. The second-order valence-electron chi connectivity index (χ2n) is 6.29. The summed E-state index contributed by atoms with van der Waals surface area (Å²) in [6.45, 7) is 7.58. The zero-order chi connectivity index (χ0) is 15.6. The molecular formula is C17H25NO3. The molecule has 1 heterocycles. The van der Waals surface area contributed by atoms with E-state index in [1.54, 1.807) is 7.11 Å². The van der Waals surface area contributed by atoms with Crippen LogP contribution in [-0.2, 0) is 4.79 Å². The van der Waals surface area contributed by atoms with Gasteiger partial charge in [-0.15, -0.1) is 0 Å². The summed E-state index contributed by atoms with van der Waals surface area (Å²) in [5.74, 6) is 0.308. The van der Waals surface area contributed by atoms with Crippen molar-refractivity contribution in [2.24, 2.45) is 11.3 Å². The first-order valence-electron chi connectivity index (χ1n) is 7.52. The average molecular weight is 291 g/mol. The lowest BCUT2D eigenvalue weighted by Crippen LogP contribution is -2.39. The predicted molar refractivity (Wildman–Crippen MR) is 82.5 cm³/mol. The third kappa shape index (κ3) is 2.91. The minimum absolute atomic E-state index is 0.137. The van der Waals surface area contributed by atoms with Gasteiger partial charge in [-0.1, -0.05) is 26.0 Å². The lowest BCUT2D eigenvalue weighted by molar-refractivity contribution is -0.151. The van der Waals surface area contributed by atoms with Crippen LogP contribution < -0.4 is 4.74 Å². The van der Waals surface area contributed by atoms with Gasteiger partial charge < -0.3 is 9.84 Å². The maximum atomic E-state index is 11.7. The van der Waals surface area contributed by atoms with E-state index in [4.69, 9.17) is 4.74 Å². The zero-order valence-corrected chi connectivity index (χ0v) is 13.3. The van der Waals surface area contributed by atoms with Gasteiger partial charge in [-0.05, 0) is 43.5 Å². The summed E-state index contributed by atoms with van der Waals surface area (Å²) < 4.78 is 5.27. The molecule has 116 valence electrons. The average Bonchev–Trinajstić information content (AvgIpc) is 2.93. The van der Waals surface area contributed by atoms with E-state index in [2.05, 4.69) is 17.9 Å². The topological polar surface area (TPSA) is 49.8 Å². The Morgan fingerprint density at radius 2 is 2.10 bits per heavy atom. The van der Waals surface area contributed by atoms with Crippen molar-refractivity contribution in [3.8, 4) is 5.75 Å². The van der Waals surface area contributed by atoms with Crippen molar-refractivity contribution in [1.29, 1.82) is 0 Å². The van der Waals surface area contributed by atoms with Gasteiger partial charge in [-0.3, -0.25) is 9.69 Å². The highest BCUT2D eigenvalue weighted by Gasteiger charge is 2.48. The summed E-state index contributed by atoms with van der Waals surface area (Å²) in [4.78, 5) is 14.0. The molecule has 1 aromatic carbocycles. The van der Waals surface area contributed by atoms with E-state index < -0.39 is 11.4 Å². The smallest absolute Gasteiger partial charge is 0.311 e. The molecule has 4 heteroatoms. The molecule has 0 amide bonds. The minimum atomic E-state index is -0.669. The van der Waals surface area contributed by atoms with Gasteiger partial charge in [0, 0.05) is 12.6 Å². The normalized spacial score (nSPS) is 24.2. The van der Waals surface area contributed by atoms with Crippen molar-refractivity contribution in [3.63, 3.8) is 0 Å². The van der Waals surface area contributed by atoms with Crippen LogP contribution in [0.2, 0.25) is 0 Å². The molecular weight excluding hydrogens is 266 g/mol. The highest BCUT2D eigenvalue weighted by atomic mass is 16.5. The highest BCUT2D eigenvalue weighted by Crippen LogP contribution is 2.41. The lowest BCUT2D eigenvalue weighted by atomic mass is 9.76. The Bertz CT molecular complexity index is 515. The Balaban J connectivity index is 2.18. The molecule has 4 nitrogen and oxygen atoms in total. The van der Waals surface area contributed by atoms with Gasteiger partial charge in [0.15, 0.2) is 0 Å². The summed E-state index contributed by atoms with van der Waals surface area (Å²) in [5, 5.41) is 9.64. The van der Waals surface area contributed by atoms with Crippen molar-refractivity contribution < 1.29 is 14.6 Å². The van der Waals surface area contributed by atoms with E-state index in [1.165, 1.54) is 5.56 Å². The Labute approximate surface area is 126 Å². The number of hydrogen-bond donors (Lipinski definition) is 1. The van der Waals surface area contributed by atoms with E-state index in [0.29, 0.717) is 13.0 Å². The molecule has 0 aliphatic carbocycles. The van der Waals surface area contributed by atoms with Crippen LogP contribution in [0.3, 0.4) is 0 Å². The van der Waals surface area contributed by atoms with Gasteiger partial charge in [0.2, 0.25) is 0 Å². The number of likely N-dealkylation sites (tertiary alicyclic amines) is 1. The molecule has 1 aliphatic rings. The molecule has 1 aromatic rings. The van der Waals surface area contributed by atoms with Crippen molar-refractivity contribution in [3.05, 3.63) is 29.8 Å². The van der Waals surface area contributed by atoms with Crippen LogP contribution in [0.15, 0.2) is 24.3 Å². The number of benzene rings is 1. The molecule has 1 N–H and O–H groups in total. The van der Waals surface area contributed by atoms with Crippen LogP contribution >= 0.6 is 0 Å². The standard InChI is InChI=1S/C17H25NO3/c1-12(2)17(16(19)20)8-9-18(11-17)13(3)14-6-5-7-15(10-14)21-4/h5-7,10,12-13H,8-9,11H2,1-4H3,(H,19,20). The molecule has 0 radical (unpaired) electrons. The second kappa shape index (κ2) is 6.06. The first-order valence-corrected chi connectivity index (χ1v) is 7.52. The number of nitrogens with zero attached hydrogens (tertiary/aromatic N) is 1. The van der Waals surface area contributed by atoms with E-state index in [1.807, 2.05) is 32.0 Å². The van der Waals surface area contributed by atoms with Crippen LogP contribution in [0.1, 0.15) is 38.8 Å². The summed E-state index contributed by atoms with van der Waals surface area (Å²) in [5.41, 5.74) is 0.548. The van der Waals surface area contributed by atoms with Crippen LogP contribution in [0.5, 0.6) is 5.75 Å². The number of carbonyl (C=O) groups is 1. The van der Waals surface area contributed by atoms with Crippen molar-refractivity contribution in [1.82, 2.24) is 4.90 Å². The Kier molecular flexibility index (Phi) is 4.57. The molecule has 2 rings (SSSR count). The summed E-state index contributed by atoms with van der Waals surface area (Å²) in [6.07, 6.45) is 0.717. The van der Waals surface area contributed by atoms with Crippen molar-refractivity contribution in [2.45, 2.75) is 33.2 Å². The van der Waals surface area contributed by atoms with Gasteiger partial charge in [0.25, 0.3) is 0 Å². The fraction of sp³-hybridized carbons (Fsp3) is 0.588. The maximum Gasteiger partial charge on any atom is 0.311 e. The quantitative estimate of drug-likeness (QED) is 0.905. The lowest BCUT2D eigenvalue weighted by Gasteiger charge is -2.31. The third-order valence-electron chi connectivity index (χ3n) is 4.99. The van der Waals surface area contributed by atoms with E-state index in [-0.39, 0.29) is 12.0 Å². The third-order valence-corrected chi connectivity index (χ3v) is 4.99. The Morgan fingerprint density at radius 3 is 2.62 bits per heavy atom. The summed E-state index contributed by atoms with van der Waals surface area (Å²) >= 11 is 0. The van der Waals surface area contributed by atoms with Crippen LogP contribution in [0.4, 0.5) is 0 Å². The van der Waals surface area contributed by atoms with Crippen molar-refractivity contribution >= 4 is 5.97 Å². The first kappa shape index (κ1) is 15.8. The van der Waals surface area contributed by atoms with Gasteiger partial charge in [-0.2, -0.15) is 0 Å². The van der Waals surface area contributed by atoms with Crippen molar-refractivity contribution in [2.75, 3.05) is 20.2 Å². The predicted octanol–water partition coefficient (Wildman–Crippen LogP) is 3.19. The Morgan fingerprint density at radius 1 is 1.38 bits per heavy atom. The van der Waals surface area contributed by atoms with Crippen LogP contribution in [0.25, 0.3) is 0 Å². The number of hydrogen-bond acceptors (Lipinski definition) is 3. The number of rotatable bonds is 5. The van der Waals surface area contributed by atoms with E-state index >= 15 is 0 Å². The monoisotopic (exact) mass is 291 g/mol. The van der Waals surface area contributed by atoms with Crippen LogP contribution in [-0.4, -0.2) is 36.2 Å². The number of carboxylic acid groups (broad SMARTS) is 1. The zero-order valence-electron chi connectivity index (χ0n) is 13.3. The second-order valence-corrected chi connectivity index (χ2v) is 6.29. The highest BCUT2D eigenvalue weighted by molar-refractivity contribution is 5.75. The first-order chi connectivity index (χ1) is 9.90. The molecule has 1 aliphatic heterocycles. The van der Waals surface area contributed by atoms with E-state index in [0.717, 1.165) is 12.3 Å². The molecule has 0 saturated carbocycles. The largest absolute Gasteiger partial charge is 0.497 e. The molecule has 2 unspecified atom stereocenters. The van der Waals surface area contributed by atoms with Gasteiger partial charge in [0.1, 0.15) is 5.75 Å². The fourth-order valence-electron chi connectivity index (χ4n) is 3.20. The number of ether oxygens (including phenoxy) is 1. The molecule has 2 atom stereocenters. The number of methoxy groups -OCH3 is 1. The van der Waals surface area contributed by atoms with Gasteiger partial charge >= 0.3 is 5.97 Å². The SMILES string of the molecule is COc1cccc(C(C)N2CCC(C(=O)O)(C(C)C)C2)c1. The summed E-state index contributed by atoms with van der Waals surface area (Å²) in [6, 6.07) is 8.20. The summed E-state index contributed by atoms with van der Waals surface area (Å²) in [7, 11) is 1.66. The maximum absolute atomic E-state index is 11.7. The molecule has 1 fully saturated rings. The molecule has 0 spiro atoms. The van der Waals surface area contributed by atoms with Gasteiger partial charge in [-0.25, -0.2) is 0 Å². The van der Waals surface area contributed by atoms with Gasteiger partial charge in [0.05, 0.1) is 12.5 Å². The number of aliphatic carboxylic acids is 1. The molecule has 21 heavy (non-hydrogen) atoms. The Hall–Kier alpha value is -1.55.